The molecule has 0 bridgehead atoms. The fourth-order valence-electron chi connectivity index (χ4n) is 2.64. The number of carbonyl (C=O) groups is 1. The summed E-state index contributed by atoms with van der Waals surface area (Å²) in [5.41, 5.74) is 13.0. The molecule has 0 aromatic heterocycles. The van der Waals surface area contributed by atoms with E-state index < -0.39 is 5.91 Å². The second-order valence-corrected chi connectivity index (χ2v) is 5.22. The molecule has 4 heteroatoms. The molecule has 2 atom stereocenters. The van der Waals surface area contributed by atoms with E-state index in [1.807, 2.05) is 6.07 Å². The highest BCUT2D eigenvalue weighted by Gasteiger charge is 2.22. The summed E-state index contributed by atoms with van der Waals surface area (Å²) in [5.74, 6) is 1.06. The molecule has 98 valence electrons. The van der Waals surface area contributed by atoms with Crippen LogP contribution in [0.1, 0.15) is 36.5 Å². The molecule has 1 aromatic carbocycles. The summed E-state index contributed by atoms with van der Waals surface area (Å²) in [7, 11) is 0. The number of hydrogen-bond acceptors (Lipinski definition) is 3. The van der Waals surface area contributed by atoms with Gasteiger partial charge >= 0.3 is 0 Å². The van der Waals surface area contributed by atoms with Crippen molar-refractivity contribution >= 4 is 17.3 Å². The maximum absolute atomic E-state index is 11.0. The molecule has 1 aromatic rings. The van der Waals surface area contributed by atoms with Crippen molar-refractivity contribution in [3.8, 4) is 0 Å². The number of rotatable bonds is 4. The molecule has 1 fully saturated rings. The van der Waals surface area contributed by atoms with E-state index in [-0.39, 0.29) is 0 Å². The van der Waals surface area contributed by atoms with Crippen LogP contribution in [0.2, 0.25) is 0 Å². The first kappa shape index (κ1) is 12.7. The van der Waals surface area contributed by atoms with Crippen molar-refractivity contribution in [3.05, 3.63) is 23.8 Å². The number of carbonyl (C=O) groups excluding carboxylic acids is 1. The van der Waals surface area contributed by atoms with Gasteiger partial charge in [0, 0.05) is 12.1 Å². The minimum atomic E-state index is -0.447. The summed E-state index contributed by atoms with van der Waals surface area (Å²) in [6.45, 7) is 3.25. The highest BCUT2D eigenvalue weighted by Crippen LogP contribution is 2.31. The lowest BCUT2D eigenvalue weighted by molar-refractivity contribution is 0.100. The summed E-state index contributed by atoms with van der Waals surface area (Å²) < 4.78 is 0. The zero-order valence-electron chi connectivity index (χ0n) is 10.8. The molecule has 1 aliphatic rings. The van der Waals surface area contributed by atoms with E-state index in [0.717, 1.165) is 24.1 Å². The Morgan fingerprint density at radius 1 is 1.44 bits per heavy atom. The number of hydrogen-bond donors (Lipinski definition) is 3. The number of nitrogens with two attached hydrogens (primary N) is 2. The van der Waals surface area contributed by atoms with Gasteiger partial charge in [-0.1, -0.05) is 19.8 Å². The smallest absolute Gasteiger partial charge is 0.248 e. The van der Waals surface area contributed by atoms with Crippen LogP contribution in [0, 0.1) is 11.8 Å². The average molecular weight is 247 g/mol. The van der Waals surface area contributed by atoms with Crippen molar-refractivity contribution in [2.24, 2.45) is 17.6 Å². The largest absolute Gasteiger partial charge is 0.397 e. The molecule has 18 heavy (non-hydrogen) atoms. The van der Waals surface area contributed by atoms with Crippen molar-refractivity contribution in [1.82, 2.24) is 0 Å². The fraction of sp³-hybridized carbons (Fsp3) is 0.500. The quantitative estimate of drug-likeness (QED) is 0.713. The monoisotopic (exact) mass is 247 g/mol. The van der Waals surface area contributed by atoms with E-state index in [9.17, 15) is 4.79 Å². The van der Waals surface area contributed by atoms with Crippen LogP contribution >= 0.6 is 0 Å². The van der Waals surface area contributed by atoms with Crippen molar-refractivity contribution < 1.29 is 4.79 Å². The minimum Gasteiger partial charge on any atom is -0.397 e. The molecule has 0 heterocycles. The predicted octanol–water partition coefficient (Wildman–Crippen LogP) is 2.22. The molecule has 0 radical (unpaired) electrons. The van der Waals surface area contributed by atoms with Gasteiger partial charge in [0.05, 0.1) is 11.4 Å². The SMILES string of the molecule is CC1CCCC1CNc1ccc(C(N)=O)cc1N. The number of anilines is 2. The fourth-order valence-corrected chi connectivity index (χ4v) is 2.64. The average Bonchev–Trinajstić information content (AvgIpc) is 2.73. The van der Waals surface area contributed by atoms with Crippen LogP contribution in [-0.2, 0) is 0 Å². The first-order valence-corrected chi connectivity index (χ1v) is 6.51. The number of primary amides is 1. The summed E-state index contributed by atoms with van der Waals surface area (Å²) in [6.07, 6.45) is 3.93. The molecular weight excluding hydrogens is 226 g/mol. The molecule has 5 N–H and O–H groups in total. The molecule has 1 amide bonds. The third-order valence-corrected chi connectivity index (χ3v) is 3.93. The van der Waals surface area contributed by atoms with Gasteiger partial charge in [0.1, 0.15) is 0 Å². The van der Waals surface area contributed by atoms with E-state index >= 15 is 0 Å². The van der Waals surface area contributed by atoms with E-state index in [4.69, 9.17) is 11.5 Å². The van der Waals surface area contributed by atoms with Gasteiger partial charge < -0.3 is 16.8 Å². The predicted molar refractivity (Wildman–Crippen MR) is 74.4 cm³/mol. The Bertz CT molecular complexity index is 445. The number of nitrogen functional groups attached to an aromatic ring is 1. The zero-order chi connectivity index (χ0) is 13.1. The van der Waals surface area contributed by atoms with Crippen LogP contribution in [0.3, 0.4) is 0 Å². The van der Waals surface area contributed by atoms with Gasteiger partial charge in [-0.05, 0) is 36.5 Å². The summed E-state index contributed by atoms with van der Waals surface area (Å²) in [4.78, 5) is 11.0. The zero-order valence-corrected chi connectivity index (χ0v) is 10.8. The second-order valence-electron chi connectivity index (χ2n) is 5.22. The Labute approximate surface area is 108 Å². The van der Waals surface area contributed by atoms with Gasteiger partial charge in [0.2, 0.25) is 5.91 Å². The Balaban J connectivity index is 1.99. The van der Waals surface area contributed by atoms with Crippen LogP contribution in [0.25, 0.3) is 0 Å². The maximum atomic E-state index is 11.0. The highest BCUT2D eigenvalue weighted by atomic mass is 16.1. The van der Waals surface area contributed by atoms with Gasteiger partial charge in [-0.25, -0.2) is 0 Å². The van der Waals surface area contributed by atoms with Crippen LogP contribution in [0.4, 0.5) is 11.4 Å². The van der Waals surface area contributed by atoms with Crippen molar-refractivity contribution in [1.29, 1.82) is 0 Å². The number of benzene rings is 1. The third kappa shape index (κ3) is 2.75. The first-order chi connectivity index (χ1) is 8.58. The van der Waals surface area contributed by atoms with Crippen molar-refractivity contribution in [2.45, 2.75) is 26.2 Å². The maximum Gasteiger partial charge on any atom is 0.248 e. The molecule has 1 saturated carbocycles. The summed E-state index contributed by atoms with van der Waals surface area (Å²) in [5, 5.41) is 3.37. The van der Waals surface area contributed by atoms with E-state index in [1.165, 1.54) is 19.3 Å². The molecule has 4 nitrogen and oxygen atoms in total. The van der Waals surface area contributed by atoms with Gasteiger partial charge in [0.15, 0.2) is 0 Å². The van der Waals surface area contributed by atoms with E-state index in [0.29, 0.717) is 11.3 Å². The lowest BCUT2D eigenvalue weighted by Crippen LogP contribution is -2.17. The van der Waals surface area contributed by atoms with Crippen molar-refractivity contribution in [3.63, 3.8) is 0 Å². The standard InChI is InChI=1S/C14H21N3O/c1-9-3-2-4-11(9)8-17-13-6-5-10(14(16)18)7-12(13)15/h5-7,9,11,17H,2-4,8,15H2,1H3,(H2,16,18). The van der Waals surface area contributed by atoms with Crippen LogP contribution in [0.15, 0.2) is 18.2 Å². The second kappa shape index (κ2) is 5.29. The normalized spacial score (nSPS) is 22.9. The summed E-state index contributed by atoms with van der Waals surface area (Å²) >= 11 is 0. The highest BCUT2D eigenvalue weighted by molar-refractivity contribution is 5.94. The molecule has 2 rings (SSSR count). The van der Waals surface area contributed by atoms with E-state index in [2.05, 4.69) is 12.2 Å². The molecule has 2 unspecified atom stereocenters. The van der Waals surface area contributed by atoms with Gasteiger partial charge in [-0.3, -0.25) is 4.79 Å². The Hall–Kier alpha value is -1.71. The Morgan fingerprint density at radius 2 is 2.22 bits per heavy atom. The van der Waals surface area contributed by atoms with E-state index in [1.54, 1.807) is 12.1 Å². The summed E-state index contributed by atoms with van der Waals surface area (Å²) in [6, 6.07) is 5.16. The van der Waals surface area contributed by atoms with Crippen LogP contribution in [-0.4, -0.2) is 12.5 Å². The number of amides is 1. The van der Waals surface area contributed by atoms with Crippen LogP contribution in [0.5, 0.6) is 0 Å². The molecule has 1 aliphatic carbocycles. The Morgan fingerprint density at radius 3 is 2.78 bits per heavy atom. The molecular formula is C14H21N3O. The minimum absolute atomic E-state index is 0.447. The van der Waals surface area contributed by atoms with Crippen LogP contribution < -0.4 is 16.8 Å². The molecule has 0 spiro atoms. The lowest BCUT2D eigenvalue weighted by Gasteiger charge is -2.18. The molecule has 0 aliphatic heterocycles. The van der Waals surface area contributed by atoms with Gasteiger partial charge in [-0.2, -0.15) is 0 Å². The van der Waals surface area contributed by atoms with Gasteiger partial charge in [-0.15, -0.1) is 0 Å². The molecule has 0 saturated heterocycles. The van der Waals surface area contributed by atoms with Crippen molar-refractivity contribution in [2.75, 3.05) is 17.6 Å². The topological polar surface area (TPSA) is 81.1 Å². The number of nitrogens with one attached hydrogen (secondary N) is 1. The Kier molecular flexibility index (Phi) is 3.75. The first-order valence-electron chi connectivity index (χ1n) is 6.51. The van der Waals surface area contributed by atoms with Gasteiger partial charge in [0.25, 0.3) is 0 Å². The third-order valence-electron chi connectivity index (χ3n) is 3.93. The lowest BCUT2D eigenvalue weighted by atomic mass is 9.98.